The van der Waals surface area contributed by atoms with Gasteiger partial charge in [0.25, 0.3) is 5.91 Å². The summed E-state index contributed by atoms with van der Waals surface area (Å²) in [4.78, 5) is 12.3. The number of carbonyl (C=O) groups is 1. The maximum absolute atomic E-state index is 12.6. The lowest BCUT2D eigenvalue weighted by atomic mass is 10.0. The number of amides is 1. The van der Waals surface area contributed by atoms with Gasteiger partial charge in [0.05, 0.1) is 4.90 Å². The molecule has 0 saturated carbocycles. The highest BCUT2D eigenvalue weighted by molar-refractivity contribution is 7.89. The topological polar surface area (TPSA) is 78.5 Å². The summed E-state index contributed by atoms with van der Waals surface area (Å²) in [5, 5.41) is 5.92. The van der Waals surface area contributed by atoms with Gasteiger partial charge in [0.1, 0.15) is 0 Å². The van der Waals surface area contributed by atoms with Gasteiger partial charge >= 0.3 is 0 Å². The monoisotopic (exact) mass is 389 g/mol. The van der Waals surface area contributed by atoms with E-state index < -0.39 is 10.0 Å². The number of sulfonamides is 1. The van der Waals surface area contributed by atoms with E-state index in [2.05, 4.69) is 17.6 Å². The predicted molar refractivity (Wildman–Crippen MR) is 102 cm³/mol. The number of halogens is 1. The molecule has 1 saturated heterocycles. The molecule has 0 bridgehead atoms. The van der Waals surface area contributed by atoms with Crippen LogP contribution in [0.25, 0.3) is 0 Å². The number of hydrogen-bond acceptors (Lipinski definition) is 4. The first-order valence-corrected chi connectivity index (χ1v) is 9.98. The summed E-state index contributed by atoms with van der Waals surface area (Å²) >= 11 is 0. The molecule has 2 rings (SSSR count). The van der Waals surface area contributed by atoms with Crippen LogP contribution in [-0.4, -0.2) is 51.4 Å². The van der Waals surface area contributed by atoms with Crippen LogP contribution in [0, 0.1) is 5.92 Å². The Balaban J connectivity index is 0.00000312. The van der Waals surface area contributed by atoms with Crippen LogP contribution in [-0.2, 0) is 10.0 Å². The highest BCUT2D eigenvalue weighted by Gasteiger charge is 2.28. The standard InChI is InChI=1S/C17H27N3O3S.ClH/c1-3-18-10-11-19-17(21)15-4-6-16(7-5-15)24(22,23)20-12-8-14(2)9-13-20;/h4-7,14,18H,3,8-13H2,1-2H3,(H,19,21);1H. The van der Waals surface area contributed by atoms with E-state index in [1.807, 2.05) is 6.92 Å². The van der Waals surface area contributed by atoms with Gasteiger partial charge in [0, 0.05) is 31.7 Å². The number of piperidine rings is 1. The summed E-state index contributed by atoms with van der Waals surface area (Å²) in [5.74, 6) is 0.383. The summed E-state index contributed by atoms with van der Waals surface area (Å²) in [6.45, 7) is 7.39. The molecule has 6 nitrogen and oxygen atoms in total. The molecule has 25 heavy (non-hydrogen) atoms. The number of nitrogens with one attached hydrogen (secondary N) is 2. The summed E-state index contributed by atoms with van der Waals surface area (Å²) in [5.41, 5.74) is 0.470. The second kappa shape index (κ2) is 10.1. The van der Waals surface area contributed by atoms with Gasteiger partial charge in [-0.25, -0.2) is 8.42 Å². The average molecular weight is 390 g/mol. The van der Waals surface area contributed by atoms with Crippen molar-refractivity contribution in [3.05, 3.63) is 29.8 Å². The van der Waals surface area contributed by atoms with Crippen molar-refractivity contribution in [1.82, 2.24) is 14.9 Å². The van der Waals surface area contributed by atoms with E-state index in [0.29, 0.717) is 37.7 Å². The number of hydrogen-bond donors (Lipinski definition) is 2. The van der Waals surface area contributed by atoms with Crippen molar-refractivity contribution < 1.29 is 13.2 Å². The number of nitrogens with zero attached hydrogens (tertiary/aromatic N) is 1. The summed E-state index contributed by atoms with van der Waals surface area (Å²) < 4.78 is 26.8. The average Bonchev–Trinajstić information content (AvgIpc) is 2.59. The number of likely N-dealkylation sites (N-methyl/N-ethyl adjacent to an activating group) is 1. The summed E-state index contributed by atoms with van der Waals surface area (Å²) in [7, 11) is -3.46. The Bertz CT molecular complexity index is 642. The molecule has 1 amide bonds. The van der Waals surface area contributed by atoms with Gasteiger partial charge in [0.2, 0.25) is 10.0 Å². The number of rotatable bonds is 7. The van der Waals surface area contributed by atoms with E-state index in [9.17, 15) is 13.2 Å². The second-order valence-corrected chi connectivity index (χ2v) is 8.16. The first kappa shape index (κ1) is 21.9. The SMILES string of the molecule is CCNCCNC(=O)c1ccc(S(=O)(=O)N2CCC(C)CC2)cc1.Cl. The Morgan fingerprint density at radius 2 is 1.76 bits per heavy atom. The Morgan fingerprint density at radius 3 is 2.32 bits per heavy atom. The van der Waals surface area contributed by atoms with Gasteiger partial charge in [0.15, 0.2) is 0 Å². The molecule has 1 heterocycles. The van der Waals surface area contributed by atoms with Crippen LogP contribution in [0.2, 0.25) is 0 Å². The fourth-order valence-corrected chi connectivity index (χ4v) is 4.17. The van der Waals surface area contributed by atoms with Crippen LogP contribution >= 0.6 is 12.4 Å². The van der Waals surface area contributed by atoms with Crippen LogP contribution in [0.1, 0.15) is 37.0 Å². The van der Waals surface area contributed by atoms with Gasteiger partial charge in [-0.15, -0.1) is 12.4 Å². The minimum absolute atomic E-state index is 0. The predicted octanol–water partition coefficient (Wildman–Crippen LogP) is 1.87. The second-order valence-electron chi connectivity index (χ2n) is 6.22. The molecule has 2 N–H and O–H groups in total. The minimum atomic E-state index is -3.46. The third kappa shape index (κ3) is 5.95. The number of benzene rings is 1. The largest absolute Gasteiger partial charge is 0.351 e. The Morgan fingerprint density at radius 1 is 1.16 bits per heavy atom. The highest BCUT2D eigenvalue weighted by atomic mass is 35.5. The van der Waals surface area contributed by atoms with E-state index in [-0.39, 0.29) is 23.2 Å². The van der Waals surface area contributed by atoms with Crippen molar-refractivity contribution in [3.63, 3.8) is 0 Å². The van der Waals surface area contributed by atoms with Crippen molar-refractivity contribution in [2.75, 3.05) is 32.7 Å². The lowest BCUT2D eigenvalue weighted by molar-refractivity contribution is 0.0954. The molecular formula is C17H28ClN3O3S. The molecule has 1 aliphatic rings. The zero-order valence-electron chi connectivity index (χ0n) is 14.8. The zero-order chi connectivity index (χ0) is 17.6. The van der Waals surface area contributed by atoms with E-state index in [4.69, 9.17) is 0 Å². The molecule has 0 aliphatic carbocycles. The molecule has 142 valence electrons. The quantitative estimate of drug-likeness (QED) is 0.698. The molecule has 0 unspecified atom stereocenters. The molecule has 1 aromatic rings. The van der Waals surface area contributed by atoms with Crippen LogP contribution in [0.3, 0.4) is 0 Å². The maximum Gasteiger partial charge on any atom is 0.251 e. The van der Waals surface area contributed by atoms with E-state index in [1.165, 1.54) is 12.1 Å². The van der Waals surface area contributed by atoms with Crippen molar-refractivity contribution in [2.45, 2.75) is 31.6 Å². The molecule has 1 fully saturated rings. The lowest BCUT2D eigenvalue weighted by Crippen LogP contribution is -2.37. The minimum Gasteiger partial charge on any atom is -0.351 e. The van der Waals surface area contributed by atoms with Crippen molar-refractivity contribution in [3.8, 4) is 0 Å². The molecule has 0 radical (unpaired) electrons. The molecule has 0 atom stereocenters. The van der Waals surface area contributed by atoms with Crippen LogP contribution in [0.5, 0.6) is 0 Å². The zero-order valence-corrected chi connectivity index (χ0v) is 16.5. The van der Waals surface area contributed by atoms with E-state index in [1.54, 1.807) is 16.4 Å². The first-order valence-electron chi connectivity index (χ1n) is 8.54. The third-order valence-corrected chi connectivity index (χ3v) is 6.25. The fraction of sp³-hybridized carbons (Fsp3) is 0.588. The molecule has 0 spiro atoms. The van der Waals surface area contributed by atoms with Gasteiger partial charge in [-0.2, -0.15) is 4.31 Å². The van der Waals surface area contributed by atoms with Gasteiger partial charge < -0.3 is 10.6 Å². The molecule has 1 aromatic carbocycles. The maximum atomic E-state index is 12.6. The Labute approximate surface area is 156 Å². The van der Waals surface area contributed by atoms with E-state index in [0.717, 1.165) is 19.4 Å². The van der Waals surface area contributed by atoms with Gasteiger partial charge in [-0.05, 0) is 49.6 Å². The van der Waals surface area contributed by atoms with Gasteiger partial charge in [-0.1, -0.05) is 13.8 Å². The van der Waals surface area contributed by atoms with E-state index >= 15 is 0 Å². The summed E-state index contributed by atoms with van der Waals surface area (Å²) in [6, 6.07) is 6.18. The van der Waals surface area contributed by atoms with Crippen LogP contribution < -0.4 is 10.6 Å². The molecule has 1 aliphatic heterocycles. The van der Waals surface area contributed by atoms with Crippen LogP contribution in [0.4, 0.5) is 0 Å². The van der Waals surface area contributed by atoms with Gasteiger partial charge in [-0.3, -0.25) is 4.79 Å². The highest BCUT2D eigenvalue weighted by Crippen LogP contribution is 2.23. The molecule has 8 heteroatoms. The fourth-order valence-electron chi connectivity index (χ4n) is 2.70. The smallest absolute Gasteiger partial charge is 0.251 e. The van der Waals surface area contributed by atoms with Crippen molar-refractivity contribution >= 4 is 28.3 Å². The third-order valence-electron chi connectivity index (χ3n) is 4.33. The lowest BCUT2D eigenvalue weighted by Gasteiger charge is -2.29. The van der Waals surface area contributed by atoms with Crippen molar-refractivity contribution in [1.29, 1.82) is 0 Å². The molecule has 0 aromatic heterocycles. The van der Waals surface area contributed by atoms with Crippen LogP contribution in [0.15, 0.2) is 29.2 Å². The first-order chi connectivity index (χ1) is 11.4. The summed E-state index contributed by atoms with van der Waals surface area (Å²) in [6.07, 6.45) is 1.79. The Hall–Kier alpha value is -1.15. The Kier molecular flexibility index (Phi) is 8.85. The van der Waals surface area contributed by atoms with Crippen molar-refractivity contribution in [2.24, 2.45) is 5.92 Å². The molecular weight excluding hydrogens is 362 g/mol. The normalized spacial score (nSPS) is 16.2. The number of carbonyl (C=O) groups excluding carboxylic acids is 1.